The molecule has 0 radical (unpaired) electrons. The molecule has 1 heterocycles. The summed E-state index contributed by atoms with van der Waals surface area (Å²) in [6.45, 7) is 3.09. The summed E-state index contributed by atoms with van der Waals surface area (Å²) in [5.74, 6) is 0.985. The summed E-state index contributed by atoms with van der Waals surface area (Å²) in [6.07, 6.45) is 0.518. The van der Waals surface area contributed by atoms with E-state index < -0.39 is 9.84 Å². The molecule has 1 saturated heterocycles. The molecule has 0 spiro atoms. The Hall–Kier alpha value is -1.76. The topological polar surface area (TPSA) is 75.7 Å². The molecule has 0 aromatic heterocycles. The summed E-state index contributed by atoms with van der Waals surface area (Å²) in [5, 5.41) is 2.78. The molecule has 1 aromatic carbocycles. The molecule has 122 valence electrons. The van der Waals surface area contributed by atoms with Gasteiger partial charge in [-0.1, -0.05) is 18.2 Å². The van der Waals surface area contributed by atoms with Crippen LogP contribution >= 0.6 is 0 Å². The number of sulfone groups is 1. The van der Waals surface area contributed by atoms with Crippen LogP contribution in [0.4, 0.5) is 4.79 Å². The number of amides is 2. The Labute approximate surface area is 131 Å². The van der Waals surface area contributed by atoms with Gasteiger partial charge in [-0.25, -0.2) is 13.2 Å². The SMILES string of the molecule is CCN(C(=O)NCCOc1ccccc1)C1CCS(=O)(=O)C1. The number of nitrogens with one attached hydrogen (secondary N) is 1. The molecule has 0 saturated carbocycles. The zero-order valence-corrected chi connectivity index (χ0v) is 13.5. The highest BCUT2D eigenvalue weighted by atomic mass is 32.2. The Bertz CT molecular complexity index is 589. The summed E-state index contributed by atoms with van der Waals surface area (Å²) in [7, 11) is -2.99. The van der Waals surface area contributed by atoms with Crippen molar-refractivity contribution in [3.05, 3.63) is 30.3 Å². The van der Waals surface area contributed by atoms with Crippen LogP contribution in [0.1, 0.15) is 13.3 Å². The summed E-state index contributed by atoms with van der Waals surface area (Å²) in [6, 6.07) is 8.92. The fourth-order valence-corrected chi connectivity index (χ4v) is 4.26. The Balaban J connectivity index is 1.75. The number of carbonyl (C=O) groups excluding carboxylic acids is 1. The molecule has 1 aliphatic rings. The summed E-state index contributed by atoms with van der Waals surface area (Å²) >= 11 is 0. The van der Waals surface area contributed by atoms with E-state index in [1.807, 2.05) is 37.3 Å². The van der Waals surface area contributed by atoms with Crippen LogP contribution in [-0.4, -0.2) is 56.6 Å². The standard InChI is InChI=1S/C15H22N2O4S/c1-2-17(13-8-11-22(19,20)12-13)15(18)16-9-10-21-14-6-4-3-5-7-14/h3-7,13H,2,8-12H2,1H3,(H,16,18). The zero-order chi connectivity index (χ0) is 16.0. The van der Waals surface area contributed by atoms with Gasteiger partial charge in [0.15, 0.2) is 9.84 Å². The largest absolute Gasteiger partial charge is 0.492 e. The van der Waals surface area contributed by atoms with Crippen molar-refractivity contribution in [1.82, 2.24) is 10.2 Å². The monoisotopic (exact) mass is 326 g/mol. The number of rotatable bonds is 6. The second-order valence-corrected chi connectivity index (χ2v) is 7.47. The molecule has 2 amide bonds. The van der Waals surface area contributed by atoms with Crippen LogP contribution in [0.3, 0.4) is 0 Å². The number of para-hydroxylation sites is 1. The van der Waals surface area contributed by atoms with Crippen molar-refractivity contribution in [3.8, 4) is 5.75 Å². The lowest BCUT2D eigenvalue weighted by Crippen LogP contribution is -2.47. The molecule has 7 heteroatoms. The summed E-state index contributed by atoms with van der Waals surface area (Å²) in [5.41, 5.74) is 0. The minimum atomic E-state index is -2.99. The molecule has 6 nitrogen and oxygen atoms in total. The number of hydrogen-bond donors (Lipinski definition) is 1. The first-order valence-electron chi connectivity index (χ1n) is 7.44. The summed E-state index contributed by atoms with van der Waals surface area (Å²) in [4.78, 5) is 13.7. The van der Waals surface area contributed by atoms with Crippen molar-refractivity contribution in [1.29, 1.82) is 0 Å². The molecular weight excluding hydrogens is 304 g/mol. The molecule has 1 N–H and O–H groups in total. The van der Waals surface area contributed by atoms with E-state index in [1.165, 1.54) is 0 Å². The number of hydrogen-bond acceptors (Lipinski definition) is 4. The van der Waals surface area contributed by atoms with E-state index in [0.29, 0.717) is 26.1 Å². The molecule has 0 aliphatic carbocycles. The van der Waals surface area contributed by atoms with Crippen LogP contribution in [0.25, 0.3) is 0 Å². The van der Waals surface area contributed by atoms with Crippen molar-refractivity contribution in [2.75, 3.05) is 31.2 Å². The predicted octanol–water partition coefficient (Wildman–Crippen LogP) is 1.28. The van der Waals surface area contributed by atoms with Crippen LogP contribution in [-0.2, 0) is 9.84 Å². The van der Waals surface area contributed by atoms with Gasteiger partial charge in [0.25, 0.3) is 0 Å². The molecular formula is C15H22N2O4S. The molecule has 1 atom stereocenters. The highest BCUT2D eigenvalue weighted by Gasteiger charge is 2.33. The third-order valence-electron chi connectivity index (χ3n) is 3.64. The van der Waals surface area contributed by atoms with Gasteiger partial charge in [-0.05, 0) is 25.5 Å². The van der Waals surface area contributed by atoms with Gasteiger partial charge < -0.3 is 15.0 Å². The van der Waals surface area contributed by atoms with E-state index in [-0.39, 0.29) is 23.6 Å². The maximum Gasteiger partial charge on any atom is 0.317 e. The fraction of sp³-hybridized carbons (Fsp3) is 0.533. The first-order chi connectivity index (χ1) is 10.5. The van der Waals surface area contributed by atoms with Crippen LogP contribution in [0.5, 0.6) is 5.75 Å². The number of nitrogens with zero attached hydrogens (tertiary/aromatic N) is 1. The minimum absolute atomic E-state index is 0.0643. The van der Waals surface area contributed by atoms with Gasteiger partial charge >= 0.3 is 6.03 Å². The predicted molar refractivity (Wildman–Crippen MR) is 84.8 cm³/mol. The first-order valence-corrected chi connectivity index (χ1v) is 9.26. The maximum absolute atomic E-state index is 12.1. The van der Waals surface area contributed by atoms with E-state index in [2.05, 4.69) is 5.32 Å². The second kappa shape index (κ2) is 7.49. The quantitative estimate of drug-likeness (QED) is 0.799. The van der Waals surface area contributed by atoms with Crippen molar-refractivity contribution in [2.45, 2.75) is 19.4 Å². The average Bonchev–Trinajstić information content (AvgIpc) is 2.85. The molecule has 1 aliphatic heterocycles. The van der Waals surface area contributed by atoms with E-state index >= 15 is 0 Å². The van der Waals surface area contributed by atoms with E-state index in [1.54, 1.807) is 4.90 Å². The highest BCUT2D eigenvalue weighted by Crippen LogP contribution is 2.17. The van der Waals surface area contributed by atoms with Crippen LogP contribution in [0.2, 0.25) is 0 Å². The average molecular weight is 326 g/mol. The first kappa shape index (κ1) is 16.6. The van der Waals surface area contributed by atoms with Crippen molar-refractivity contribution in [3.63, 3.8) is 0 Å². The smallest absolute Gasteiger partial charge is 0.317 e. The van der Waals surface area contributed by atoms with E-state index in [0.717, 1.165) is 5.75 Å². The Kier molecular flexibility index (Phi) is 5.65. The maximum atomic E-state index is 12.1. The van der Waals surface area contributed by atoms with Gasteiger partial charge in [0, 0.05) is 12.6 Å². The lowest BCUT2D eigenvalue weighted by molar-refractivity contribution is 0.181. The lowest BCUT2D eigenvalue weighted by atomic mass is 10.2. The van der Waals surface area contributed by atoms with Crippen molar-refractivity contribution >= 4 is 15.9 Å². The van der Waals surface area contributed by atoms with Gasteiger partial charge in [0.05, 0.1) is 18.1 Å². The Morgan fingerprint density at radius 2 is 2.09 bits per heavy atom. The van der Waals surface area contributed by atoms with E-state index in [9.17, 15) is 13.2 Å². The van der Waals surface area contributed by atoms with Gasteiger partial charge in [-0.3, -0.25) is 0 Å². The lowest BCUT2D eigenvalue weighted by Gasteiger charge is -2.27. The normalized spacial score (nSPS) is 19.6. The number of carbonyl (C=O) groups is 1. The van der Waals surface area contributed by atoms with Gasteiger partial charge in [0.2, 0.25) is 0 Å². The van der Waals surface area contributed by atoms with Crippen molar-refractivity contribution in [2.24, 2.45) is 0 Å². The number of benzene rings is 1. The molecule has 1 aromatic rings. The van der Waals surface area contributed by atoms with Crippen LogP contribution in [0, 0.1) is 0 Å². The number of ether oxygens (including phenoxy) is 1. The molecule has 22 heavy (non-hydrogen) atoms. The number of urea groups is 1. The minimum Gasteiger partial charge on any atom is -0.492 e. The third kappa shape index (κ3) is 4.62. The molecule has 1 fully saturated rings. The van der Waals surface area contributed by atoms with Crippen molar-refractivity contribution < 1.29 is 17.9 Å². The van der Waals surface area contributed by atoms with Gasteiger partial charge in [-0.2, -0.15) is 0 Å². The van der Waals surface area contributed by atoms with Gasteiger partial charge in [-0.15, -0.1) is 0 Å². The highest BCUT2D eigenvalue weighted by molar-refractivity contribution is 7.91. The third-order valence-corrected chi connectivity index (χ3v) is 5.39. The van der Waals surface area contributed by atoms with Crippen LogP contribution < -0.4 is 10.1 Å². The van der Waals surface area contributed by atoms with E-state index in [4.69, 9.17) is 4.74 Å². The zero-order valence-electron chi connectivity index (χ0n) is 12.7. The second-order valence-electron chi connectivity index (χ2n) is 5.24. The van der Waals surface area contributed by atoms with Crippen LogP contribution in [0.15, 0.2) is 30.3 Å². The summed E-state index contributed by atoms with van der Waals surface area (Å²) < 4.78 is 28.5. The molecule has 0 bridgehead atoms. The Morgan fingerprint density at radius 1 is 1.36 bits per heavy atom. The Morgan fingerprint density at radius 3 is 2.68 bits per heavy atom. The van der Waals surface area contributed by atoms with Gasteiger partial charge in [0.1, 0.15) is 12.4 Å². The molecule has 2 rings (SSSR count). The fourth-order valence-electron chi connectivity index (χ4n) is 2.53. The molecule has 1 unspecified atom stereocenters.